The molecule has 1 saturated heterocycles. The monoisotopic (exact) mass is 466 g/mol. The Morgan fingerprint density at radius 3 is 2.55 bits per heavy atom. The Kier molecular flexibility index (Phi) is 7.32. The molecule has 1 amide bonds. The Labute approximate surface area is 186 Å². The molecule has 10 heteroatoms. The van der Waals surface area contributed by atoms with E-state index in [2.05, 4.69) is 5.32 Å². The minimum atomic E-state index is -3.69. The topological polar surface area (TPSA) is 102 Å². The number of carbonyl (C=O) groups is 2. The first kappa shape index (κ1) is 23.2. The van der Waals surface area contributed by atoms with E-state index in [0.717, 1.165) is 0 Å². The number of morpholine rings is 1. The minimum Gasteiger partial charge on any atom is -0.483 e. The van der Waals surface area contributed by atoms with Crippen LogP contribution in [0.2, 0.25) is 5.02 Å². The zero-order valence-corrected chi connectivity index (χ0v) is 18.8. The number of aryl methyl sites for hydroxylation is 1. The second kappa shape index (κ2) is 9.78. The third kappa shape index (κ3) is 5.62. The maximum absolute atomic E-state index is 12.9. The molecule has 0 unspecified atom stereocenters. The first-order valence-corrected chi connectivity index (χ1v) is 11.4. The fourth-order valence-electron chi connectivity index (χ4n) is 3.07. The predicted octanol–water partition coefficient (Wildman–Crippen LogP) is 2.89. The summed E-state index contributed by atoms with van der Waals surface area (Å²) in [6, 6.07) is 9.14. The van der Waals surface area contributed by atoms with E-state index in [9.17, 15) is 18.0 Å². The lowest BCUT2D eigenvalue weighted by molar-refractivity contribution is -0.118. The van der Waals surface area contributed by atoms with Crippen molar-refractivity contribution in [3.8, 4) is 5.75 Å². The van der Waals surface area contributed by atoms with Gasteiger partial charge in [-0.25, -0.2) is 8.42 Å². The number of nitrogens with one attached hydrogen (secondary N) is 1. The largest absolute Gasteiger partial charge is 0.483 e. The van der Waals surface area contributed by atoms with Gasteiger partial charge in [0.1, 0.15) is 5.75 Å². The summed E-state index contributed by atoms with van der Waals surface area (Å²) < 4.78 is 37.8. The molecule has 1 heterocycles. The molecular weight excluding hydrogens is 444 g/mol. The molecule has 1 aliphatic heterocycles. The van der Waals surface area contributed by atoms with Crippen LogP contribution in [-0.2, 0) is 19.6 Å². The van der Waals surface area contributed by atoms with Crippen molar-refractivity contribution < 1.29 is 27.5 Å². The number of anilines is 1. The SMILES string of the molecule is CC(=O)c1cc(Cl)ccc1OCC(=O)Nc1cc(S(=O)(=O)N2CCOCC2)ccc1C. The van der Waals surface area contributed by atoms with Crippen LogP contribution in [0.15, 0.2) is 41.3 Å². The number of sulfonamides is 1. The van der Waals surface area contributed by atoms with E-state index in [-0.39, 0.29) is 41.7 Å². The maximum atomic E-state index is 12.9. The van der Waals surface area contributed by atoms with Crippen LogP contribution in [0.1, 0.15) is 22.8 Å². The normalized spacial score (nSPS) is 14.8. The van der Waals surface area contributed by atoms with Gasteiger partial charge in [-0.3, -0.25) is 9.59 Å². The Bertz CT molecular complexity index is 1100. The van der Waals surface area contributed by atoms with Crippen molar-refractivity contribution >= 4 is 39.0 Å². The number of hydrogen-bond acceptors (Lipinski definition) is 6. The van der Waals surface area contributed by atoms with Crippen LogP contribution in [0.4, 0.5) is 5.69 Å². The average molecular weight is 467 g/mol. The first-order valence-electron chi connectivity index (χ1n) is 9.60. The molecule has 0 bridgehead atoms. The first-order chi connectivity index (χ1) is 14.7. The van der Waals surface area contributed by atoms with Gasteiger partial charge in [-0.2, -0.15) is 4.31 Å². The van der Waals surface area contributed by atoms with Gasteiger partial charge in [-0.1, -0.05) is 17.7 Å². The van der Waals surface area contributed by atoms with Crippen molar-refractivity contribution in [1.29, 1.82) is 0 Å². The van der Waals surface area contributed by atoms with Crippen LogP contribution in [0.3, 0.4) is 0 Å². The molecular formula is C21H23ClN2O6S. The van der Waals surface area contributed by atoms with Gasteiger partial charge in [0.25, 0.3) is 5.91 Å². The lowest BCUT2D eigenvalue weighted by atomic mass is 10.1. The third-order valence-electron chi connectivity index (χ3n) is 4.77. The molecule has 8 nitrogen and oxygen atoms in total. The predicted molar refractivity (Wildman–Crippen MR) is 116 cm³/mol. The summed E-state index contributed by atoms with van der Waals surface area (Å²) in [6.07, 6.45) is 0. The number of benzene rings is 2. The van der Waals surface area contributed by atoms with E-state index in [1.807, 2.05) is 0 Å². The van der Waals surface area contributed by atoms with E-state index in [1.165, 1.54) is 35.5 Å². The van der Waals surface area contributed by atoms with Crippen molar-refractivity contribution in [3.63, 3.8) is 0 Å². The zero-order chi connectivity index (χ0) is 22.6. The van der Waals surface area contributed by atoms with Gasteiger partial charge in [0, 0.05) is 23.8 Å². The highest BCUT2D eigenvalue weighted by atomic mass is 35.5. The molecule has 2 aromatic carbocycles. The fourth-order valence-corrected chi connectivity index (χ4v) is 4.67. The summed E-state index contributed by atoms with van der Waals surface area (Å²) in [4.78, 5) is 24.3. The van der Waals surface area contributed by atoms with Gasteiger partial charge in [0.2, 0.25) is 10.0 Å². The second-order valence-electron chi connectivity index (χ2n) is 7.03. The summed E-state index contributed by atoms with van der Waals surface area (Å²) >= 11 is 5.91. The molecule has 0 aromatic heterocycles. The average Bonchev–Trinajstić information content (AvgIpc) is 2.74. The highest BCUT2D eigenvalue weighted by Crippen LogP contribution is 2.25. The Balaban J connectivity index is 1.72. The quantitative estimate of drug-likeness (QED) is 0.629. The fraction of sp³-hybridized carbons (Fsp3) is 0.333. The van der Waals surface area contributed by atoms with Gasteiger partial charge in [0.15, 0.2) is 12.4 Å². The van der Waals surface area contributed by atoms with Crippen molar-refractivity contribution in [2.24, 2.45) is 0 Å². The van der Waals surface area contributed by atoms with Gasteiger partial charge in [0.05, 0.1) is 23.7 Å². The summed E-state index contributed by atoms with van der Waals surface area (Å²) in [5.41, 5.74) is 1.34. The van der Waals surface area contributed by atoms with E-state index in [1.54, 1.807) is 19.1 Å². The number of halogens is 1. The van der Waals surface area contributed by atoms with Gasteiger partial charge < -0.3 is 14.8 Å². The van der Waals surface area contributed by atoms with Crippen LogP contribution < -0.4 is 10.1 Å². The van der Waals surface area contributed by atoms with Crippen LogP contribution in [0, 0.1) is 6.92 Å². The molecule has 0 saturated carbocycles. The Morgan fingerprint density at radius 1 is 1.16 bits per heavy atom. The summed E-state index contributed by atoms with van der Waals surface area (Å²) in [5.74, 6) is -0.490. The highest BCUT2D eigenvalue weighted by Gasteiger charge is 2.27. The Morgan fingerprint density at radius 2 is 1.87 bits per heavy atom. The standard InChI is InChI=1S/C21H23ClN2O6S/c1-14-3-5-17(31(27,28)24-7-9-29-10-8-24)12-19(14)23-21(26)13-30-20-6-4-16(22)11-18(20)15(2)25/h3-6,11-12H,7-10,13H2,1-2H3,(H,23,26). The molecule has 0 aliphatic carbocycles. The number of hydrogen-bond donors (Lipinski definition) is 1. The maximum Gasteiger partial charge on any atom is 0.262 e. The third-order valence-corrected chi connectivity index (χ3v) is 6.90. The number of nitrogens with zero attached hydrogens (tertiary/aromatic N) is 1. The molecule has 1 fully saturated rings. The molecule has 1 N–H and O–H groups in total. The molecule has 0 atom stereocenters. The smallest absolute Gasteiger partial charge is 0.262 e. The van der Waals surface area contributed by atoms with Crippen molar-refractivity contribution in [2.75, 3.05) is 38.2 Å². The van der Waals surface area contributed by atoms with E-state index >= 15 is 0 Å². The number of carbonyl (C=O) groups excluding carboxylic acids is 2. The molecule has 2 aromatic rings. The van der Waals surface area contributed by atoms with E-state index < -0.39 is 15.9 Å². The summed E-state index contributed by atoms with van der Waals surface area (Å²) in [6.45, 7) is 4.04. The highest BCUT2D eigenvalue weighted by molar-refractivity contribution is 7.89. The minimum absolute atomic E-state index is 0.0905. The number of rotatable bonds is 7. The Hall–Kier alpha value is -2.46. The second-order valence-corrected chi connectivity index (χ2v) is 9.40. The van der Waals surface area contributed by atoms with Crippen LogP contribution in [0.5, 0.6) is 5.75 Å². The van der Waals surface area contributed by atoms with Crippen molar-refractivity contribution in [3.05, 3.63) is 52.5 Å². The van der Waals surface area contributed by atoms with Crippen LogP contribution in [0.25, 0.3) is 0 Å². The molecule has 1 aliphatic rings. The van der Waals surface area contributed by atoms with E-state index in [0.29, 0.717) is 29.5 Å². The molecule has 166 valence electrons. The van der Waals surface area contributed by atoms with Gasteiger partial charge >= 0.3 is 0 Å². The lowest BCUT2D eigenvalue weighted by Crippen LogP contribution is -2.40. The van der Waals surface area contributed by atoms with Crippen molar-refractivity contribution in [1.82, 2.24) is 4.31 Å². The van der Waals surface area contributed by atoms with Crippen molar-refractivity contribution in [2.45, 2.75) is 18.7 Å². The number of Topliss-reactive ketones (excluding diaryl/α,β-unsaturated/α-hetero) is 1. The number of amides is 1. The molecule has 0 spiro atoms. The molecule has 31 heavy (non-hydrogen) atoms. The number of ketones is 1. The molecule has 0 radical (unpaired) electrons. The number of ether oxygens (including phenoxy) is 2. The van der Waals surface area contributed by atoms with Gasteiger partial charge in [-0.15, -0.1) is 0 Å². The van der Waals surface area contributed by atoms with E-state index in [4.69, 9.17) is 21.1 Å². The van der Waals surface area contributed by atoms with Crippen LogP contribution in [-0.4, -0.2) is 57.3 Å². The summed E-state index contributed by atoms with van der Waals surface area (Å²) in [7, 11) is -3.69. The summed E-state index contributed by atoms with van der Waals surface area (Å²) in [5, 5.41) is 3.06. The van der Waals surface area contributed by atoms with Gasteiger partial charge in [-0.05, 0) is 49.7 Å². The lowest BCUT2D eigenvalue weighted by Gasteiger charge is -2.26. The molecule has 3 rings (SSSR count). The van der Waals surface area contributed by atoms with Crippen LogP contribution >= 0.6 is 11.6 Å². The zero-order valence-electron chi connectivity index (χ0n) is 17.2.